The molecule has 0 saturated carbocycles. The van der Waals surface area contributed by atoms with Crippen molar-refractivity contribution in [1.29, 1.82) is 0 Å². The van der Waals surface area contributed by atoms with Crippen LogP contribution in [0.4, 0.5) is 0 Å². The summed E-state index contributed by atoms with van der Waals surface area (Å²) in [5.41, 5.74) is 2.82. The number of nitrogens with zero attached hydrogens (tertiary/aromatic N) is 3. The second-order valence-corrected chi connectivity index (χ2v) is 5.92. The molecule has 6 nitrogen and oxygen atoms in total. The average molecular weight is 288 g/mol. The molecule has 2 aromatic rings. The van der Waals surface area contributed by atoms with Gasteiger partial charge in [-0.25, -0.2) is 4.52 Å². The molecule has 0 atom stereocenters. The van der Waals surface area contributed by atoms with Crippen LogP contribution in [0.2, 0.25) is 0 Å². The molecule has 2 heterocycles. The topological polar surface area (TPSA) is 68.4 Å². The third-order valence-corrected chi connectivity index (χ3v) is 3.85. The van der Waals surface area contributed by atoms with Crippen LogP contribution < -0.4 is 10.9 Å². The van der Waals surface area contributed by atoms with Gasteiger partial charge in [-0.1, -0.05) is 0 Å². The van der Waals surface area contributed by atoms with Crippen LogP contribution in [0.3, 0.4) is 0 Å². The predicted octanol–water partition coefficient (Wildman–Crippen LogP) is 0.899. The molecule has 2 aromatic heterocycles. The van der Waals surface area contributed by atoms with Gasteiger partial charge in [0.15, 0.2) is 0 Å². The van der Waals surface area contributed by atoms with Crippen LogP contribution in [-0.2, 0) is 24.2 Å². The zero-order valence-corrected chi connectivity index (χ0v) is 12.4. The Morgan fingerprint density at radius 3 is 2.90 bits per heavy atom. The molecular weight excluding hydrogens is 268 g/mol. The molecule has 112 valence electrons. The maximum absolute atomic E-state index is 12.6. The van der Waals surface area contributed by atoms with E-state index in [0.717, 1.165) is 31.2 Å². The summed E-state index contributed by atoms with van der Waals surface area (Å²) in [6.07, 6.45) is 7.59. The summed E-state index contributed by atoms with van der Waals surface area (Å²) in [6.45, 7) is 3.80. The smallest absolute Gasteiger partial charge is 0.278 e. The van der Waals surface area contributed by atoms with E-state index in [4.69, 9.17) is 0 Å². The van der Waals surface area contributed by atoms with E-state index in [1.165, 1.54) is 16.5 Å². The molecule has 0 unspecified atom stereocenters. The van der Waals surface area contributed by atoms with E-state index in [1.54, 1.807) is 4.52 Å². The number of rotatable bonds is 3. The first-order valence-corrected chi connectivity index (χ1v) is 7.44. The number of aryl methyl sites for hydroxylation is 2. The molecular formula is C15H20N4O2. The largest absolute Gasteiger partial charge is 0.352 e. The van der Waals surface area contributed by atoms with Crippen molar-refractivity contribution in [3.8, 4) is 0 Å². The molecule has 0 saturated heterocycles. The van der Waals surface area contributed by atoms with Gasteiger partial charge in [-0.05, 0) is 50.7 Å². The zero-order valence-electron chi connectivity index (χ0n) is 12.4. The summed E-state index contributed by atoms with van der Waals surface area (Å²) < 4.78 is 3.05. The van der Waals surface area contributed by atoms with Gasteiger partial charge in [-0.15, -0.1) is 0 Å². The summed E-state index contributed by atoms with van der Waals surface area (Å²) in [7, 11) is 0. The summed E-state index contributed by atoms with van der Waals surface area (Å²) in [5.74, 6) is -0.168. The van der Waals surface area contributed by atoms with Crippen molar-refractivity contribution in [3.63, 3.8) is 0 Å². The summed E-state index contributed by atoms with van der Waals surface area (Å²) >= 11 is 0. The van der Waals surface area contributed by atoms with Gasteiger partial charge in [0, 0.05) is 12.2 Å². The SMILES string of the molecule is CC(C)NC(=O)Cn1cnn2cc3c(c2c1=O)CCCC3. The van der Waals surface area contributed by atoms with Gasteiger partial charge < -0.3 is 5.32 Å². The fourth-order valence-corrected chi connectivity index (χ4v) is 2.95. The number of carbonyl (C=O) groups is 1. The number of carbonyl (C=O) groups excluding carboxylic acids is 1. The quantitative estimate of drug-likeness (QED) is 0.912. The van der Waals surface area contributed by atoms with Crippen molar-refractivity contribution in [2.24, 2.45) is 0 Å². The van der Waals surface area contributed by atoms with Crippen molar-refractivity contribution in [2.45, 2.75) is 52.1 Å². The average Bonchev–Trinajstić information content (AvgIpc) is 2.80. The third kappa shape index (κ3) is 2.57. The van der Waals surface area contributed by atoms with Crippen molar-refractivity contribution in [1.82, 2.24) is 19.5 Å². The Kier molecular flexibility index (Phi) is 3.53. The molecule has 0 aliphatic heterocycles. The second-order valence-electron chi connectivity index (χ2n) is 5.92. The van der Waals surface area contributed by atoms with E-state index >= 15 is 0 Å². The van der Waals surface area contributed by atoms with E-state index in [-0.39, 0.29) is 24.1 Å². The lowest BCUT2D eigenvalue weighted by molar-refractivity contribution is -0.122. The number of amides is 1. The fourth-order valence-electron chi connectivity index (χ4n) is 2.95. The summed E-state index contributed by atoms with van der Waals surface area (Å²) in [6, 6.07) is 0.0611. The fraction of sp³-hybridized carbons (Fsp3) is 0.533. The Hall–Kier alpha value is -2.11. The minimum atomic E-state index is -0.168. The molecule has 0 fully saturated rings. The van der Waals surface area contributed by atoms with Crippen LogP contribution in [0.25, 0.3) is 5.52 Å². The molecule has 6 heteroatoms. The molecule has 0 aromatic carbocycles. The number of aromatic nitrogens is 3. The van der Waals surface area contributed by atoms with E-state index in [9.17, 15) is 9.59 Å². The molecule has 1 amide bonds. The maximum Gasteiger partial charge on any atom is 0.278 e. The first kappa shape index (κ1) is 13.9. The van der Waals surface area contributed by atoms with Gasteiger partial charge in [0.25, 0.3) is 5.56 Å². The molecule has 0 bridgehead atoms. The lowest BCUT2D eigenvalue weighted by Crippen LogP contribution is -2.36. The van der Waals surface area contributed by atoms with Gasteiger partial charge in [0.05, 0.1) is 0 Å². The van der Waals surface area contributed by atoms with Crippen LogP contribution in [0.5, 0.6) is 0 Å². The molecule has 0 spiro atoms. The van der Waals surface area contributed by atoms with Crippen molar-refractivity contribution in [2.75, 3.05) is 0 Å². The third-order valence-electron chi connectivity index (χ3n) is 3.85. The number of hydrogen-bond acceptors (Lipinski definition) is 3. The molecule has 1 aliphatic carbocycles. The normalized spacial score (nSPS) is 14.4. The zero-order chi connectivity index (χ0) is 15.0. The highest BCUT2D eigenvalue weighted by atomic mass is 16.2. The first-order chi connectivity index (χ1) is 10.1. The molecule has 1 aliphatic rings. The Labute approximate surface area is 122 Å². The monoisotopic (exact) mass is 288 g/mol. The Bertz CT molecular complexity index is 742. The van der Waals surface area contributed by atoms with Crippen molar-refractivity contribution < 1.29 is 4.79 Å². The minimum absolute atomic E-state index is 0.0144. The van der Waals surface area contributed by atoms with Crippen LogP contribution in [0, 0.1) is 0 Å². The van der Waals surface area contributed by atoms with Gasteiger partial charge in [-0.2, -0.15) is 5.10 Å². The van der Waals surface area contributed by atoms with Crippen LogP contribution >= 0.6 is 0 Å². The molecule has 1 N–H and O–H groups in total. The first-order valence-electron chi connectivity index (χ1n) is 7.44. The summed E-state index contributed by atoms with van der Waals surface area (Å²) in [4.78, 5) is 24.4. The van der Waals surface area contributed by atoms with Crippen LogP contribution in [0.1, 0.15) is 37.8 Å². The van der Waals surface area contributed by atoms with E-state index < -0.39 is 0 Å². The number of nitrogens with one attached hydrogen (secondary N) is 1. The highest BCUT2D eigenvalue weighted by Crippen LogP contribution is 2.24. The van der Waals surface area contributed by atoms with Gasteiger partial charge in [-0.3, -0.25) is 14.2 Å². The van der Waals surface area contributed by atoms with E-state index in [2.05, 4.69) is 10.4 Å². The molecule has 21 heavy (non-hydrogen) atoms. The maximum atomic E-state index is 12.6. The number of hydrogen-bond donors (Lipinski definition) is 1. The molecule has 3 rings (SSSR count). The Morgan fingerprint density at radius 1 is 1.38 bits per heavy atom. The predicted molar refractivity (Wildman–Crippen MR) is 79.4 cm³/mol. The van der Waals surface area contributed by atoms with Gasteiger partial charge >= 0.3 is 0 Å². The summed E-state index contributed by atoms with van der Waals surface area (Å²) in [5, 5.41) is 7.07. The van der Waals surface area contributed by atoms with Crippen LogP contribution in [0.15, 0.2) is 17.3 Å². The molecule has 0 radical (unpaired) electrons. The number of fused-ring (bicyclic) bond motifs is 3. The van der Waals surface area contributed by atoms with Gasteiger partial charge in [0.1, 0.15) is 18.4 Å². The van der Waals surface area contributed by atoms with Crippen LogP contribution in [-0.4, -0.2) is 26.1 Å². The van der Waals surface area contributed by atoms with Crippen molar-refractivity contribution in [3.05, 3.63) is 34.0 Å². The van der Waals surface area contributed by atoms with E-state index in [1.807, 2.05) is 20.0 Å². The standard InChI is InChI=1S/C15H20N4O2/c1-10(2)17-13(20)8-18-9-16-19-7-11-5-3-4-6-12(11)14(19)15(18)21/h7,9-10H,3-6,8H2,1-2H3,(H,17,20). The Balaban J connectivity index is 2.00. The lowest BCUT2D eigenvalue weighted by atomic mass is 9.95. The van der Waals surface area contributed by atoms with E-state index in [0.29, 0.717) is 5.52 Å². The van der Waals surface area contributed by atoms with Crippen molar-refractivity contribution >= 4 is 11.4 Å². The Morgan fingerprint density at radius 2 is 2.14 bits per heavy atom. The van der Waals surface area contributed by atoms with Gasteiger partial charge in [0.2, 0.25) is 5.91 Å². The highest BCUT2D eigenvalue weighted by molar-refractivity contribution is 5.76. The highest BCUT2D eigenvalue weighted by Gasteiger charge is 2.19. The minimum Gasteiger partial charge on any atom is -0.352 e. The lowest BCUT2D eigenvalue weighted by Gasteiger charge is -2.11. The second kappa shape index (κ2) is 5.35.